The molecule has 0 bridgehead atoms. The van der Waals surface area contributed by atoms with Crippen LogP contribution in [-0.4, -0.2) is 82.7 Å². The second-order valence-electron chi connectivity index (χ2n) is 10.7. The molecule has 212 valence electrons. The Kier molecular flexibility index (Phi) is 8.60. The van der Waals surface area contributed by atoms with Gasteiger partial charge in [-0.1, -0.05) is 36.4 Å². The highest BCUT2D eigenvalue weighted by Gasteiger charge is 2.54. The fourth-order valence-corrected chi connectivity index (χ4v) is 4.81. The summed E-state index contributed by atoms with van der Waals surface area (Å²) in [5.41, 5.74) is 5.73. The summed E-state index contributed by atoms with van der Waals surface area (Å²) in [6, 6.07) is 12.9. The third-order valence-corrected chi connectivity index (χ3v) is 6.94. The van der Waals surface area contributed by atoms with E-state index in [1.165, 1.54) is 18.9 Å². The van der Waals surface area contributed by atoms with Gasteiger partial charge in [-0.15, -0.1) is 0 Å². The fraction of sp³-hybridized carbons (Fsp3) is 0.429. The maximum Gasteiger partial charge on any atom is 0.322 e. The molecule has 12 nitrogen and oxygen atoms in total. The number of pyridine rings is 1. The number of fused-ring (bicyclic) bond motifs is 1. The van der Waals surface area contributed by atoms with Crippen molar-refractivity contribution >= 4 is 29.5 Å². The Bertz CT molecular complexity index is 1280. The number of ether oxygens (including phenoxy) is 1. The molecule has 5 amide bonds. The second-order valence-corrected chi connectivity index (χ2v) is 10.7. The predicted octanol–water partition coefficient (Wildman–Crippen LogP) is 0.819. The first-order valence-electron chi connectivity index (χ1n) is 13.1. The highest BCUT2D eigenvalue weighted by Crippen LogP contribution is 2.38. The topological polar surface area (TPSA) is 159 Å². The molecule has 1 aromatic heterocycles. The van der Waals surface area contributed by atoms with E-state index in [0.717, 1.165) is 5.56 Å². The van der Waals surface area contributed by atoms with Gasteiger partial charge in [0.15, 0.2) is 0 Å². The molecule has 4 N–H and O–H groups in total. The van der Waals surface area contributed by atoms with Gasteiger partial charge < -0.3 is 20.7 Å². The molecule has 0 radical (unpaired) electrons. The SMILES string of the molecule is CN1N=C2CCN(C(=O)[C@@H](COCc3ccccc3)NC(=O)NC(=O)C(C)(C)N)C[C@@]2(Cc2ccccn2)C1=O. The summed E-state index contributed by atoms with van der Waals surface area (Å²) in [7, 11) is 1.60. The van der Waals surface area contributed by atoms with Crippen molar-refractivity contribution in [2.45, 2.75) is 44.9 Å². The molecule has 1 aromatic carbocycles. The Hall–Kier alpha value is -4.16. The molecule has 0 aliphatic carbocycles. The molecular weight excluding hydrogens is 514 g/mol. The molecule has 40 heavy (non-hydrogen) atoms. The molecule has 1 saturated heterocycles. The molecule has 0 unspecified atom stereocenters. The maximum atomic E-state index is 13.8. The summed E-state index contributed by atoms with van der Waals surface area (Å²) in [5, 5.41) is 10.5. The molecule has 2 aromatic rings. The van der Waals surface area contributed by atoms with Gasteiger partial charge in [0.2, 0.25) is 11.8 Å². The molecule has 4 rings (SSSR count). The second kappa shape index (κ2) is 11.9. The number of likely N-dealkylation sites (tertiary alicyclic amines) is 1. The van der Waals surface area contributed by atoms with Gasteiger partial charge in [0.1, 0.15) is 11.5 Å². The zero-order chi connectivity index (χ0) is 28.9. The number of carbonyl (C=O) groups excluding carboxylic acids is 4. The van der Waals surface area contributed by atoms with Crippen LogP contribution in [0.4, 0.5) is 4.79 Å². The van der Waals surface area contributed by atoms with Gasteiger partial charge >= 0.3 is 6.03 Å². The largest absolute Gasteiger partial charge is 0.374 e. The monoisotopic (exact) mass is 549 g/mol. The molecule has 12 heteroatoms. The third-order valence-electron chi connectivity index (χ3n) is 6.94. The van der Waals surface area contributed by atoms with Crippen LogP contribution in [0.15, 0.2) is 59.8 Å². The lowest BCUT2D eigenvalue weighted by atomic mass is 9.74. The number of aromatic nitrogens is 1. The summed E-state index contributed by atoms with van der Waals surface area (Å²) >= 11 is 0. The lowest BCUT2D eigenvalue weighted by molar-refractivity contribution is -0.141. The van der Waals surface area contributed by atoms with Crippen molar-refractivity contribution in [1.82, 2.24) is 25.5 Å². The van der Waals surface area contributed by atoms with Gasteiger partial charge in [-0.2, -0.15) is 5.10 Å². The Balaban J connectivity index is 1.53. The van der Waals surface area contributed by atoms with E-state index >= 15 is 0 Å². The van der Waals surface area contributed by atoms with E-state index < -0.39 is 34.8 Å². The molecule has 2 aliphatic heterocycles. The number of imide groups is 1. The van der Waals surface area contributed by atoms with Crippen LogP contribution in [0.2, 0.25) is 0 Å². The zero-order valence-corrected chi connectivity index (χ0v) is 22.9. The van der Waals surface area contributed by atoms with E-state index in [9.17, 15) is 19.2 Å². The van der Waals surface area contributed by atoms with Crippen molar-refractivity contribution in [3.63, 3.8) is 0 Å². The van der Waals surface area contributed by atoms with Crippen molar-refractivity contribution in [3.8, 4) is 0 Å². The van der Waals surface area contributed by atoms with Gasteiger partial charge in [-0.3, -0.25) is 24.7 Å². The quantitative estimate of drug-likeness (QED) is 0.418. The number of urea groups is 1. The van der Waals surface area contributed by atoms with Crippen molar-refractivity contribution in [2.75, 3.05) is 26.7 Å². The van der Waals surface area contributed by atoms with E-state index in [0.29, 0.717) is 24.4 Å². The minimum atomic E-state index is -1.30. The van der Waals surface area contributed by atoms with E-state index in [-0.39, 0.29) is 32.1 Å². The van der Waals surface area contributed by atoms with Crippen LogP contribution >= 0.6 is 0 Å². The number of nitrogens with one attached hydrogen (secondary N) is 2. The lowest BCUT2D eigenvalue weighted by Gasteiger charge is -2.40. The number of carbonyl (C=O) groups is 4. The van der Waals surface area contributed by atoms with Crippen LogP contribution in [0, 0.1) is 5.41 Å². The summed E-state index contributed by atoms with van der Waals surface area (Å²) in [6.45, 7) is 3.36. The van der Waals surface area contributed by atoms with Crippen LogP contribution < -0.4 is 16.4 Å². The number of nitrogens with zero attached hydrogens (tertiary/aromatic N) is 4. The van der Waals surface area contributed by atoms with Crippen LogP contribution in [0.1, 0.15) is 31.5 Å². The molecule has 0 saturated carbocycles. The molecule has 3 heterocycles. The highest BCUT2D eigenvalue weighted by molar-refractivity contribution is 6.13. The van der Waals surface area contributed by atoms with Crippen molar-refractivity contribution in [1.29, 1.82) is 0 Å². The van der Waals surface area contributed by atoms with E-state index in [1.54, 1.807) is 24.2 Å². The number of hydrazone groups is 1. The number of hydrogen-bond donors (Lipinski definition) is 3. The van der Waals surface area contributed by atoms with E-state index in [4.69, 9.17) is 10.5 Å². The number of amides is 5. The third kappa shape index (κ3) is 6.52. The zero-order valence-electron chi connectivity index (χ0n) is 22.9. The van der Waals surface area contributed by atoms with Gasteiger partial charge in [-0.05, 0) is 31.5 Å². The van der Waals surface area contributed by atoms with Gasteiger partial charge in [0, 0.05) is 44.9 Å². The smallest absolute Gasteiger partial charge is 0.322 e. The van der Waals surface area contributed by atoms with Gasteiger partial charge in [-0.25, -0.2) is 9.80 Å². The molecule has 2 aliphatic rings. The fourth-order valence-electron chi connectivity index (χ4n) is 4.81. The van der Waals surface area contributed by atoms with Crippen LogP contribution in [0.25, 0.3) is 0 Å². The highest BCUT2D eigenvalue weighted by atomic mass is 16.5. The Morgan fingerprint density at radius 1 is 1.15 bits per heavy atom. The first-order chi connectivity index (χ1) is 19.0. The Morgan fingerprint density at radius 2 is 1.88 bits per heavy atom. The minimum absolute atomic E-state index is 0.0671. The summed E-state index contributed by atoms with van der Waals surface area (Å²) < 4.78 is 5.80. The summed E-state index contributed by atoms with van der Waals surface area (Å²) in [5.74, 6) is -1.36. The number of benzene rings is 1. The summed E-state index contributed by atoms with van der Waals surface area (Å²) in [6.07, 6.45) is 2.32. The number of rotatable bonds is 9. The molecular formula is C28H35N7O5. The van der Waals surface area contributed by atoms with E-state index in [1.807, 2.05) is 42.5 Å². The minimum Gasteiger partial charge on any atom is -0.374 e. The number of piperidine rings is 1. The summed E-state index contributed by atoms with van der Waals surface area (Å²) in [4.78, 5) is 58.1. The van der Waals surface area contributed by atoms with Gasteiger partial charge in [0.25, 0.3) is 5.91 Å². The van der Waals surface area contributed by atoms with Crippen LogP contribution in [0.5, 0.6) is 0 Å². The van der Waals surface area contributed by atoms with E-state index in [2.05, 4.69) is 20.7 Å². The predicted molar refractivity (Wildman–Crippen MR) is 147 cm³/mol. The average molecular weight is 550 g/mol. The van der Waals surface area contributed by atoms with Crippen molar-refractivity contribution in [3.05, 3.63) is 66.0 Å². The maximum absolute atomic E-state index is 13.8. The molecule has 2 atom stereocenters. The first kappa shape index (κ1) is 28.8. The lowest BCUT2D eigenvalue weighted by Crippen LogP contribution is -2.61. The van der Waals surface area contributed by atoms with Crippen molar-refractivity contribution < 1.29 is 23.9 Å². The number of hydrogen-bond acceptors (Lipinski definition) is 8. The average Bonchev–Trinajstić information content (AvgIpc) is 3.17. The van der Waals surface area contributed by atoms with Gasteiger partial charge in [0.05, 0.1) is 24.5 Å². The molecule has 0 spiro atoms. The van der Waals surface area contributed by atoms with Crippen LogP contribution in [-0.2, 0) is 32.1 Å². The van der Waals surface area contributed by atoms with Crippen LogP contribution in [0.3, 0.4) is 0 Å². The Morgan fingerprint density at radius 3 is 2.55 bits per heavy atom. The molecule has 1 fully saturated rings. The number of nitrogens with two attached hydrogens (primary N) is 1. The standard InChI is InChI=1S/C28H35N7O5/c1-27(2,29)24(37)32-26(39)31-21(17-40-16-19-9-5-4-6-10-19)23(36)35-14-12-22-28(18-35,25(38)34(3)33-22)15-20-11-7-8-13-30-20/h4-11,13,21H,12,14-18,29H2,1-3H3,(H2,31,32,37,39)/t21-,28-/m1/s1. The normalized spacial score (nSPS) is 19.5. The first-order valence-corrected chi connectivity index (χ1v) is 13.1. The van der Waals surface area contributed by atoms with Crippen molar-refractivity contribution in [2.24, 2.45) is 16.3 Å². The Labute approximate surface area is 232 Å².